The number of esters is 2. The normalized spacial score (nSPS) is 10.8. The van der Waals surface area contributed by atoms with Crippen LogP contribution in [0.2, 0.25) is 0 Å². The van der Waals surface area contributed by atoms with E-state index in [0.29, 0.717) is 61.9 Å². The lowest BCUT2D eigenvalue weighted by molar-refractivity contribution is -0.208. The topological polar surface area (TPSA) is 133 Å². The summed E-state index contributed by atoms with van der Waals surface area (Å²) >= 11 is 0. The van der Waals surface area contributed by atoms with Gasteiger partial charge in [0, 0.05) is 12.2 Å². The number of unbranched alkanes of at least 4 members (excludes halogenated alkanes) is 2. The van der Waals surface area contributed by atoms with E-state index in [1.165, 1.54) is 14.2 Å². The van der Waals surface area contributed by atoms with Gasteiger partial charge in [0.1, 0.15) is 0 Å². The molecule has 226 valence electrons. The van der Waals surface area contributed by atoms with Crippen LogP contribution < -0.4 is 19.2 Å². The van der Waals surface area contributed by atoms with Crippen molar-refractivity contribution < 1.29 is 48.1 Å². The Bertz CT molecular complexity index is 1120. The number of methoxy groups -OCH3 is 2. The van der Waals surface area contributed by atoms with Crippen LogP contribution in [-0.2, 0) is 28.8 Å². The molecule has 0 saturated heterocycles. The fraction of sp³-hybridized carbons (Fsp3) is 0.333. The lowest BCUT2D eigenvalue weighted by Gasteiger charge is -2.10. The minimum atomic E-state index is -0.451. The Kier molecular flexibility index (Phi) is 16.2. The monoisotopic (exact) mass is 584 g/mol. The second-order valence-electron chi connectivity index (χ2n) is 8.28. The van der Waals surface area contributed by atoms with Crippen LogP contribution in [0.1, 0.15) is 36.8 Å². The van der Waals surface area contributed by atoms with Gasteiger partial charge in [-0.05, 0) is 73.2 Å². The van der Waals surface area contributed by atoms with Crippen molar-refractivity contribution in [2.45, 2.75) is 25.7 Å². The molecule has 0 radical (unpaired) electrons. The minimum Gasteiger partial charge on any atom is -0.493 e. The van der Waals surface area contributed by atoms with Crippen molar-refractivity contribution in [1.82, 2.24) is 0 Å². The molecule has 0 fully saturated rings. The maximum Gasteiger partial charge on any atom is 0.330 e. The van der Waals surface area contributed by atoms with Crippen LogP contribution in [0.25, 0.3) is 0 Å². The van der Waals surface area contributed by atoms with Gasteiger partial charge in [-0.3, -0.25) is 0 Å². The van der Waals surface area contributed by atoms with Gasteiger partial charge in [-0.1, -0.05) is 13.2 Å². The van der Waals surface area contributed by atoms with Gasteiger partial charge in [0.05, 0.1) is 53.1 Å². The van der Waals surface area contributed by atoms with E-state index < -0.39 is 11.9 Å². The van der Waals surface area contributed by atoms with E-state index in [1.54, 1.807) is 48.8 Å². The first-order valence-corrected chi connectivity index (χ1v) is 13.1. The summed E-state index contributed by atoms with van der Waals surface area (Å²) in [4.78, 5) is 43.1. The average molecular weight is 585 g/mol. The molecule has 0 aliphatic heterocycles. The largest absolute Gasteiger partial charge is 0.493 e. The molecule has 0 bridgehead atoms. The van der Waals surface area contributed by atoms with Crippen molar-refractivity contribution >= 4 is 24.4 Å². The van der Waals surface area contributed by atoms with Gasteiger partial charge in [-0.25, -0.2) is 9.59 Å². The van der Waals surface area contributed by atoms with Crippen LogP contribution in [0.3, 0.4) is 0 Å². The number of rotatable bonds is 21. The van der Waals surface area contributed by atoms with E-state index in [9.17, 15) is 9.59 Å². The average Bonchev–Trinajstić information content (AvgIpc) is 3.02. The van der Waals surface area contributed by atoms with Crippen molar-refractivity contribution in [3.8, 4) is 23.0 Å². The van der Waals surface area contributed by atoms with Crippen LogP contribution in [-0.4, -0.2) is 65.0 Å². The van der Waals surface area contributed by atoms with Crippen molar-refractivity contribution in [2.75, 3.05) is 40.6 Å². The molecule has 12 heteroatoms. The minimum absolute atomic E-state index is 0.288. The molecule has 0 N–H and O–H groups in total. The predicted octanol–water partition coefficient (Wildman–Crippen LogP) is 4.80. The second kappa shape index (κ2) is 20.2. The van der Waals surface area contributed by atoms with Crippen molar-refractivity contribution in [3.63, 3.8) is 0 Å². The third-order valence-corrected chi connectivity index (χ3v) is 5.22. The molecule has 0 atom stereocenters. The summed E-state index contributed by atoms with van der Waals surface area (Å²) in [5.74, 6) is 0.831. The van der Waals surface area contributed by atoms with Crippen LogP contribution in [0, 0.1) is 0 Å². The van der Waals surface area contributed by atoms with Crippen LogP contribution >= 0.6 is 0 Å². The second-order valence-corrected chi connectivity index (χ2v) is 8.28. The maximum absolute atomic E-state index is 11.0. The van der Waals surface area contributed by atoms with Crippen molar-refractivity contribution in [3.05, 3.63) is 72.8 Å². The summed E-state index contributed by atoms with van der Waals surface area (Å²) in [5.41, 5.74) is 1.47. The van der Waals surface area contributed by atoms with Gasteiger partial charge >= 0.3 is 11.9 Å². The summed E-state index contributed by atoms with van der Waals surface area (Å²) in [6, 6.07) is 10.4. The molecule has 2 aromatic carbocycles. The summed E-state index contributed by atoms with van der Waals surface area (Å²) in [6.07, 6.45) is 7.92. The van der Waals surface area contributed by atoms with Gasteiger partial charge in [-0.15, -0.1) is 0 Å². The van der Waals surface area contributed by atoms with E-state index >= 15 is 0 Å². The lowest BCUT2D eigenvalue weighted by Crippen LogP contribution is -2.05. The van der Waals surface area contributed by atoms with Gasteiger partial charge in [0.25, 0.3) is 0 Å². The molecule has 12 nitrogen and oxygen atoms in total. The van der Waals surface area contributed by atoms with E-state index in [4.69, 9.17) is 38.5 Å². The lowest BCUT2D eigenvalue weighted by atomic mass is 10.2. The quantitative estimate of drug-likeness (QED) is 0.0503. The molecule has 42 heavy (non-hydrogen) atoms. The molecule has 0 aromatic heterocycles. The zero-order chi connectivity index (χ0) is 30.4. The molecule has 0 aliphatic carbocycles. The summed E-state index contributed by atoms with van der Waals surface area (Å²) in [5, 5.41) is 8.17. The number of benzene rings is 2. The zero-order valence-corrected chi connectivity index (χ0v) is 23.8. The fourth-order valence-corrected chi connectivity index (χ4v) is 3.07. The Balaban J connectivity index is 1.78. The molecule has 2 rings (SSSR count). The van der Waals surface area contributed by atoms with Gasteiger partial charge in [0.2, 0.25) is 11.5 Å². The Morgan fingerprint density at radius 3 is 1.43 bits per heavy atom. The molecule has 2 aromatic rings. The highest BCUT2D eigenvalue weighted by Crippen LogP contribution is 2.29. The van der Waals surface area contributed by atoms with E-state index in [-0.39, 0.29) is 13.2 Å². The molecule has 0 aliphatic rings. The fourth-order valence-electron chi connectivity index (χ4n) is 3.07. The third-order valence-electron chi connectivity index (χ3n) is 5.22. The summed E-state index contributed by atoms with van der Waals surface area (Å²) in [7, 11) is 3.04. The summed E-state index contributed by atoms with van der Waals surface area (Å²) in [6.45, 7) is 7.88. The first-order chi connectivity index (χ1) is 20.5. The number of carbonyl (C=O) groups is 2. The predicted molar refractivity (Wildman–Crippen MR) is 155 cm³/mol. The highest BCUT2D eigenvalue weighted by Gasteiger charge is 2.08. The van der Waals surface area contributed by atoms with E-state index in [0.717, 1.165) is 23.3 Å². The summed E-state index contributed by atoms with van der Waals surface area (Å²) < 4.78 is 20.5. The van der Waals surface area contributed by atoms with E-state index in [1.807, 2.05) is 0 Å². The smallest absolute Gasteiger partial charge is 0.330 e. The van der Waals surface area contributed by atoms with Gasteiger partial charge in [-0.2, -0.15) is 20.0 Å². The Hall–Kier alpha value is -4.68. The van der Waals surface area contributed by atoms with Crippen molar-refractivity contribution in [2.24, 2.45) is 10.2 Å². The molecule has 0 spiro atoms. The SMILES string of the molecule is C=CC(=O)OCCCCOOc1ccc(/C=N/N=C/c2ccc(OOCCCCOC(=O)C=C)c(OC)c2)cc1OC. The third kappa shape index (κ3) is 13.1. The number of hydrogen-bond donors (Lipinski definition) is 0. The molecule has 0 unspecified atom stereocenters. The highest BCUT2D eigenvalue weighted by molar-refractivity contribution is 5.84. The van der Waals surface area contributed by atoms with Gasteiger partial charge in [0.15, 0.2) is 11.5 Å². The number of ether oxygens (including phenoxy) is 4. The maximum atomic E-state index is 11.0. The molecule has 0 heterocycles. The molecular weight excluding hydrogens is 548 g/mol. The number of hydrogen-bond acceptors (Lipinski definition) is 12. The molecule has 0 saturated carbocycles. The Labute approximate surface area is 245 Å². The first kappa shape index (κ1) is 33.5. The first-order valence-electron chi connectivity index (χ1n) is 13.1. The number of nitrogens with zero attached hydrogens (tertiary/aromatic N) is 2. The van der Waals surface area contributed by atoms with Crippen LogP contribution in [0.5, 0.6) is 23.0 Å². The Morgan fingerprint density at radius 1 is 0.643 bits per heavy atom. The van der Waals surface area contributed by atoms with Crippen LogP contribution in [0.4, 0.5) is 0 Å². The van der Waals surface area contributed by atoms with Crippen molar-refractivity contribution in [1.29, 1.82) is 0 Å². The Morgan fingerprint density at radius 2 is 1.05 bits per heavy atom. The molecule has 0 amide bonds. The number of carbonyl (C=O) groups excluding carboxylic acids is 2. The van der Waals surface area contributed by atoms with Crippen LogP contribution in [0.15, 0.2) is 71.9 Å². The standard InChI is InChI=1S/C30H36N2O10/c1-5-29(33)37-15-7-9-17-39-41-25-13-11-23(19-27(25)35-3)21-31-32-22-24-12-14-26(28(20-24)36-4)42-40-18-10-8-16-38-30(34)6-2/h5-6,11-14,19-22H,1-2,7-10,15-18H2,3-4H3/b31-21+,32-22+. The molecular formula is C30H36N2O10. The zero-order valence-electron chi connectivity index (χ0n) is 23.8. The highest BCUT2D eigenvalue weighted by atomic mass is 17.2. The van der Waals surface area contributed by atoms with E-state index in [2.05, 4.69) is 23.4 Å². The van der Waals surface area contributed by atoms with Gasteiger partial charge < -0.3 is 28.7 Å².